The van der Waals surface area contributed by atoms with Gasteiger partial charge in [-0.2, -0.15) is 0 Å². The second-order valence-corrected chi connectivity index (χ2v) is 7.83. The third kappa shape index (κ3) is 4.79. The molecule has 148 valence electrons. The number of non-ortho nitro benzene ring substituents is 1. The van der Waals surface area contributed by atoms with Crippen LogP contribution in [0.2, 0.25) is 0 Å². The van der Waals surface area contributed by atoms with E-state index in [-0.39, 0.29) is 17.6 Å². The van der Waals surface area contributed by atoms with Crippen LogP contribution < -0.4 is 10.1 Å². The van der Waals surface area contributed by atoms with E-state index < -0.39 is 4.92 Å². The van der Waals surface area contributed by atoms with Crippen molar-refractivity contribution in [1.29, 1.82) is 0 Å². The van der Waals surface area contributed by atoms with Crippen LogP contribution in [0.4, 0.5) is 5.69 Å². The summed E-state index contributed by atoms with van der Waals surface area (Å²) in [6.45, 7) is 2.47. The fourth-order valence-corrected chi connectivity index (χ4v) is 4.17. The van der Waals surface area contributed by atoms with Crippen LogP contribution in [0.1, 0.15) is 34.8 Å². The summed E-state index contributed by atoms with van der Waals surface area (Å²) in [5.41, 5.74) is 1.55. The molecular formula is C20H22IN3O4. The van der Waals surface area contributed by atoms with Gasteiger partial charge in [0.1, 0.15) is 5.75 Å². The van der Waals surface area contributed by atoms with E-state index in [4.69, 9.17) is 4.74 Å². The molecule has 28 heavy (non-hydrogen) atoms. The number of carbonyl (C=O) groups excluding carboxylic acids is 1. The largest absolute Gasteiger partial charge is 0.497 e. The number of rotatable bonds is 7. The number of nitrogens with one attached hydrogen (secondary N) is 1. The van der Waals surface area contributed by atoms with Crippen molar-refractivity contribution in [2.24, 2.45) is 0 Å². The molecule has 3 rings (SSSR count). The van der Waals surface area contributed by atoms with Gasteiger partial charge in [-0.3, -0.25) is 19.8 Å². The number of nitrogens with zero attached hydrogens (tertiary/aromatic N) is 2. The van der Waals surface area contributed by atoms with Crippen LogP contribution in [0.15, 0.2) is 42.5 Å². The summed E-state index contributed by atoms with van der Waals surface area (Å²) in [4.78, 5) is 25.5. The zero-order chi connectivity index (χ0) is 20.1. The fourth-order valence-electron chi connectivity index (χ4n) is 3.42. The number of likely N-dealkylation sites (tertiary alicyclic amines) is 1. The number of methoxy groups -OCH3 is 1. The van der Waals surface area contributed by atoms with Crippen LogP contribution in [0, 0.1) is 13.7 Å². The minimum absolute atomic E-state index is 0.0193. The van der Waals surface area contributed by atoms with Crippen molar-refractivity contribution in [2.45, 2.75) is 18.9 Å². The van der Waals surface area contributed by atoms with E-state index in [1.807, 2.05) is 46.9 Å². The highest BCUT2D eigenvalue weighted by Gasteiger charge is 2.24. The number of nitro benzene ring substituents is 1. The highest BCUT2D eigenvalue weighted by molar-refractivity contribution is 14.1. The van der Waals surface area contributed by atoms with Crippen LogP contribution in [0.5, 0.6) is 5.75 Å². The summed E-state index contributed by atoms with van der Waals surface area (Å²) < 4.78 is 5.80. The average molecular weight is 495 g/mol. The molecule has 1 aliphatic heterocycles. The fraction of sp³-hybridized carbons (Fsp3) is 0.350. The van der Waals surface area contributed by atoms with Crippen molar-refractivity contribution in [3.63, 3.8) is 0 Å². The summed E-state index contributed by atoms with van der Waals surface area (Å²) in [5.74, 6) is 0.574. The lowest BCUT2D eigenvalue weighted by Crippen LogP contribution is -2.37. The van der Waals surface area contributed by atoms with Gasteiger partial charge < -0.3 is 10.1 Å². The predicted octanol–water partition coefficient (Wildman–Crippen LogP) is 3.77. The van der Waals surface area contributed by atoms with Gasteiger partial charge in [0.25, 0.3) is 11.6 Å². The molecule has 1 saturated heterocycles. The molecule has 8 heteroatoms. The molecule has 1 heterocycles. The Balaban J connectivity index is 1.74. The Morgan fingerprint density at radius 1 is 1.25 bits per heavy atom. The summed E-state index contributed by atoms with van der Waals surface area (Å²) in [6, 6.07) is 12.3. The molecule has 7 nitrogen and oxygen atoms in total. The number of nitro groups is 1. The molecule has 1 atom stereocenters. The van der Waals surface area contributed by atoms with Crippen molar-refractivity contribution in [1.82, 2.24) is 10.2 Å². The van der Waals surface area contributed by atoms with Gasteiger partial charge in [-0.15, -0.1) is 0 Å². The normalized spacial score (nSPS) is 15.2. The lowest BCUT2D eigenvalue weighted by atomic mass is 10.0. The van der Waals surface area contributed by atoms with Crippen molar-refractivity contribution in [3.8, 4) is 5.75 Å². The van der Waals surface area contributed by atoms with E-state index in [0.29, 0.717) is 15.7 Å². The molecule has 1 amide bonds. The minimum Gasteiger partial charge on any atom is -0.497 e. The Kier molecular flexibility index (Phi) is 6.84. The van der Waals surface area contributed by atoms with Gasteiger partial charge in [-0.25, -0.2) is 0 Å². The maximum Gasteiger partial charge on any atom is 0.270 e. The van der Waals surface area contributed by atoms with Gasteiger partial charge >= 0.3 is 0 Å². The van der Waals surface area contributed by atoms with Crippen LogP contribution in [-0.4, -0.2) is 42.5 Å². The van der Waals surface area contributed by atoms with Crippen molar-refractivity contribution >= 4 is 34.2 Å². The van der Waals surface area contributed by atoms with Crippen LogP contribution in [0.3, 0.4) is 0 Å². The Labute approximate surface area is 177 Å². The second-order valence-electron chi connectivity index (χ2n) is 6.66. The van der Waals surface area contributed by atoms with Gasteiger partial charge in [0.2, 0.25) is 0 Å². The molecule has 1 aliphatic rings. The summed E-state index contributed by atoms with van der Waals surface area (Å²) in [7, 11) is 1.64. The number of carbonyl (C=O) groups is 1. The zero-order valence-corrected chi connectivity index (χ0v) is 17.7. The first-order chi connectivity index (χ1) is 13.5. The first-order valence-corrected chi connectivity index (χ1v) is 10.2. The van der Waals surface area contributed by atoms with E-state index in [2.05, 4.69) is 10.2 Å². The van der Waals surface area contributed by atoms with Crippen molar-refractivity contribution < 1.29 is 14.5 Å². The Hall–Kier alpha value is -2.20. The second kappa shape index (κ2) is 9.33. The van der Waals surface area contributed by atoms with E-state index in [1.165, 1.54) is 18.2 Å². The van der Waals surface area contributed by atoms with Gasteiger partial charge in [-0.1, -0.05) is 12.1 Å². The molecule has 0 spiro atoms. The van der Waals surface area contributed by atoms with Gasteiger partial charge in [-0.05, 0) is 72.3 Å². The summed E-state index contributed by atoms with van der Waals surface area (Å²) in [6.07, 6.45) is 2.31. The van der Waals surface area contributed by atoms with Crippen molar-refractivity contribution in [2.75, 3.05) is 26.7 Å². The zero-order valence-electron chi connectivity index (χ0n) is 15.6. The maximum absolute atomic E-state index is 12.7. The van der Waals surface area contributed by atoms with Crippen molar-refractivity contribution in [3.05, 3.63) is 67.3 Å². The number of benzene rings is 2. The van der Waals surface area contributed by atoms with E-state index >= 15 is 0 Å². The summed E-state index contributed by atoms with van der Waals surface area (Å²) >= 11 is 1.96. The Morgan fingerprint density at radius 2 is 1.93 bits per heavy atom. The van der Waals surface area contributed by atoms with E-state index in [9.17, 15) is 14.9 Å². The molecule has 0 aliphatic carbocycles. The number of hydrogen-bond acceptors (Lipinski definition) is 5. The van der Waals surface area contributed by atoms with Gasteiger partial charge in [0.15, 0.2) is 0 Å². The molecule has 0 aromatic heterocycles. The van der Waals surface area contributed by atoms with E-state index in [0.717, 1.165) is 37.2 Å². The maximum atomic E-state index is 12.7. The molecule has 2 aromatic rings. The van der Waals surface area contributed by atoms with Crippen LogP contribution in [0.25, 0.3) is 0 Å². The number of halogens is 1. The number of amides is 1. The van der Waals surface area contributed by atoms with E-state index in [1.54, 1.807) is 7.11 Å². The number of hydrogen-bond donors (Lipinski definition) is 1. The highest BCUT2D eigenvalue weighted by Crippen LogP contribution is 2.26. The third-order valence-electron chi connectivity index (χ3n) is 4.95. The SMILES string of the molecule is COc1ccc(C(CNC(=O)c2ccc([N+](=O)[O-])cc2I)N2CCCC2)cc1. The van der Waals surface area contributed by atoms with Gasteiger partial charge in [0.05, 0.1) is 23.6 Å². The first-order valence-electron chi connectivity index (χ1n) is 9.09. The highest BCUT2D eigenvalue weighted by atomic mass is 127. The summed E-state index contributed by atoms with van der Waals surface area (Å²) in [5, 5.41) is 13.9. The molecule has 0 bridgehead atoms. The standard InChI is InChI=1S/C20H22IN3O4/c1-28-16-7-4-14(5-8-16)19(23-10-2-3-11-23)13-22-20(25)17-9-6-15(24(26)27)12-18(17)21/h4-9,12,19H,2-3,10-11,13H2,1H3,(H,22,25). The lowest BCUT2D eigenvalue weighted by molar-refractivity contribution is -0.384. The molecule has 0 saturated carbocycles. The topological polar surface area (TPSA) is 84.7 Å². The lowest BCUT2D eigenvalue weighted by Gasteiger charge is -2.28. The monoisotopic (exact) mass is 495 g/mol. The molecule has 2 aromatic carbocycles. The average Bonchev–Trinajstić information content (AvgIpc) is 3.22. The van der Waals surface area contributed by atoms with Crippen LogP contribution >= 0.6 is 22.6 Å². The first kappa shape index (κ1) is 20.5. The smallest absolute Gasteiger partial charge is 0.270 e. The molecule has 1 N–H and O–H groups in total. The molecule has 1 unspecified atom stereocenters. The molecular weight excluding hydrogens is 473 g/mol. The minimum atomic E-state index is -0.461. The quantitative estimate of drug-likeness (QED) is 0.359. The van der Waals surface area contributed by atoms with Gasteiger partial charge in [0, 0.05) is 22.2 Å². The Bertz CT molecular complexity index is 851. The number of ether oxygens (including phenoxy) is 1. The predicted molar refractivity (Wildman–Crippen MR) is 115 cm³/mol. The third-order valence-corrected chi connectivity index (χ3v) is 5.84. The van der Waals surface area contributed by atoms with Crippen LogP contribution in [-0.2, 0) is 0 Å². The molecule has 0 radical (unpaired) electrons. The molecule has 1 fully saturated rings. The Morgan fingerprint density at radius 3 is 2.50 bits per heavy atom.